The lowest BCUT2D eigenvalue weighted by Crippen LogP contribution is -2.59. The van der Waals surface area contributed by atoms with Gasteiger partial charge in [-0.3, -0.25) is 25.0 Å². The summed E-state index contributed by atoms with van der Waals surface area (Å²) in [5.41, 5.74) is -3.65. The maximum atomic E-state index is 12.1. The standard InChI is InChI=1S/C11H12N2O7/c14-7-6-9(12(17)18)11(16,13(19)20)10(15)8-4-2-1-3-5-8/h1-5,9,14,16H,6-7H2. The molecule has 9 nitrogen and oxygen atoms in total. The van der Waals surface area contributed by atoms with E-state index in [4.69, 9.17) is 5.11 Å². The lowest BCUT2D eigenvalue weighted by molar-refractivity contribution is -0.677. The first-order chi connectivity index (χ1) is 9.35. The Morgan fingerprint density at radius 1 is 1.25 bits per heavy atom. The van der Waals surface area contributed by atoms with E-state index in [1.807, 2.05) is 0 Å². The summed E-state index contributed by atoms with van der Waals surface area (Å²) >= 11 is 0. The molecule has 20 heavy (non-hydrogen) atoms. The highest BCUT2D eigenvalue weighted by molar-refractivity contribution is 6.01. The molecule has 2 unspecified atom stereocenters. The van der Waals surface area contributed by atoms with Crippen LogP contribution in [0.4, 0.5) is 0 Å². The zero-order chi connectivity index (χ0) is 15.3. The van der Waals surface area contributed by atoms with Crippen molar-refractivity contribution in [2.24, 2.45) is 0 Å². The van der Waals surface area contributed by atoms with Gasteiger partial charge in [0.2, 0.25) is 0 Å². The zero-order valence-corrected chi connectivity index (χ0v) is 10.2. The fourth-order valence-corrected chi connectivity index (χ4v) is 1.73. The highest BCUT2D eigenvalue weighted by atomic mass is 16.7. The Hall–Kier alpha value is -2.39. The molecule has 0 radical (unpaired) electrons. The van der Waals surface area contributed by atoms with Gasteiger partial charge in [0.15, 0.2) is 0 Å². The Morgan fingerprint density at radius 2 is 1.80 bits per heavy atom. The van der Waals surface area contributed by atoms with Crippen LogP contribution >= 0.6 is 0 Å². The molecule has 0 aliphatic rings. The quantitative estimate of drug-likeness (QED) is 0.307. The van der Waals surface area contributed by atoms with Crippen LogP contribution in [-0.4, -0.2) is 44.2 Å². The van der Waals surface area contributed by atoms with Gasteiger partial charge in [0.05, 0.1) is 11.5 Å². The molecule has 2 atom stereocenters. The molecule has 0 aliphatic carbocycles. The van der Waals surface area contributed by atoms with Crippen LogP contribution in [0.1, 0.15) is 16.8 Å². The van der Waals surface area contributed by atoms with Crippen LogP contribution in [0.15, 0.2) is 30.3 Å². The van der Waals surface area contributed by atoms with Gasteiger partial charge < -0.3 is 10.2 Å². The van der Waals surface area contributed by atoms with Crippen molar-refractivity contribution in [3.63, 3.8) is 0 Å². The van der Waals surface area contributed by atoms with Crippen molar-refractivity contribution in [2.75, 3.05) is 6.61 Å². The Balaban J connectivity index is 3.30. The van der Waals surface area contributed by atoms with E-state index in [1.165, 1.54) is 24.3 Å². The molecular weight excluding hydrogens is 272 g/mol. The number of aliphatic hydroxyl groups excluding tert-OH is 1. The summed E-state index contributed by atoms with van der Waals surface area (Å²) in [6.07, 6.45) is -0.719. The highest BCUT2D eigenvalue weighted by Crippen LogP contribution is 2.23. The van der Waals surface area contributed by atoms with Crippen molar-refractivity contribution in [1.29, 1.82) is 0 Å². The monoisotopic (exact) mass is 284 g/mol. The van der Waals surface area contributed by atoms with Gasteiger partial charge in [-0.25, -0.2) is 0 Å². The number of nitrogens with zero attached hydrogens (tertiary/aromatic N) is 2. The first kappa shape index (κ1) is 15.7. The number of hydrogen-bond acceptors (Lipinski definition) is 7. The molecule has 0 fully saturated rings. The van der Waals surface area contributed by atoms with E-state index in [-0.39, 0.29) is 5.56 Å². The Kier molecular flexibility index (Phi) is 4.83. The van der Waals surface area contributed by atoms with E-state index in [1.54, 1.807) is 6.07 Å². The molecule has 1 aromatic carbocycles. The third kappa shape index (κ3) is 2.78. The second-order valence-electron chi connectivity index (χ2n) is 3.99. The molecule has 0 aliphatic heterocycles. The van der Waals surface area contributed by atoms with Crippen LogP contribution in [0.25, 0.3) is 0 Å². The fraction of sp³-hybridized carbons (Fsp3) is 0.364. The number of Topliss-reactive ketones (excluding diaryl/α,β-unsaturated/α-hetero) is 1. The summed E-state index contributed by atoms with van der Waals surface area (Å²) in [7, 11) is 0. The zero-order valence-electron chi connectivity index (χ0n) is 10.2. The normalized spacial score (nSPS) is 15.1. The van der Waals surface area contributed by atoms with Gasteiger partial charge in [0.1, 0.15) is 0 Å². The molecule has 0 aromatic heterocycles. The number of hydrogen-bond donors (Lipinski definition) is 2. The van der Waals surface area contributed by atoms with Gasteiger partial charge in [0, 0.05) is 16.9 Å². The topological polar surface area (TPSA) is 144 Å². The van der Waals surface area contributed by atoms with Crippen LogP contribution < -0.4 is 0 Å². The molecule has 2 N–H and O–H groups in total. The lowest BCUT2D eigenvalue weighted by Gasteiger charge is -2.20. The van der Waals surface area contributed by atoms with Crippen molar-refractivity contribution in [3.8, 4) is 0 Å². The van der Waals surface area contributed by atoms with Gasteiger partial charge in [-0.2, -0.15) is 0 Å². The number of carbonyl (C=O) groups excluding carboxylic acids is 1. The van der Waals surface area contributed by atoms with E-state index in [0.29, 0.717) is 0 Å². The van der Waals surface area contributed by atoms with Crippen molar-refractivity contribution in [3.05, 3.63) is 56.1 Å². The summed E-state index contributed by atoms with van der Waals surface area (Å²) in [5.74, 6) is -1.39. The van der Waals surface area contributed by atoms with Gasteiger partial charge in [0.25, 0.3) is 5.78 Å². The maximum absolute atomic E-state index is 12.1. The Morgan fingerprint density at radius 3 is 2.20 bits per heavy atom. The van der Waals surface area contributed by atoms with E-state index >= 15 is 0 Å². The van der Waals surface area contributed by atoms with Gasteiger partial charge in [-0.1, -0.05) is 30.3 Å². The average molecular weight is 284 g/mol. The Bertz CT molecular complexity index is 519. The number of aliphatic hydroxyl groups is 2. The molecule has 9 heteroatoms. The molecule has 0 heterocycles. The van der Waals surface area contributed by atoms with Crippen molar-refractivity contribution < 1.29 is 24.9 Å². The smallest absolute Gasteiger partial charge is 0.396 e. The summed E-state index contributed by atoms with van der Waals surface area (Å²) < 4.78 is 0. The number of carbonyl (C=O) groups is 1. The van der Waals surface area contributed by atoms with E-state index in [2.05, 4.69) is 0 Å². The summed E-state index contributed by atoms with van der Waals surface area (Å²) in [6.45, 7) is -0.774. The minimum Gasteiger partial charge on any atom is -0.396 e. The number of ketones is 1. The largest absolute Gasteiger partial charge is 0.453 e. The van der Waals surface area contributed by atoms with Crippen LogP contribution in [0.3, 0.4) is 0 Å². The number of benzene rings is 1. The molecule has 108 valence electrons. The molecule has 1 aromatic rings. The summed E-state index contributed by atoms with van der Waals surface area (Å²) in [5, 5.41) is 40.6. The molecule has 0 bridgehead atoms. The van der Waals surface area contributed by atoms with Crippen LogP contribution in [0, 0.1) is 20.2 Å². The number of rotatable bonds is 7. The van der Waals surface area contributed by atoms with Crippen LogP contribution in [-0.2, 0) is 0 Å². The predicted molar refractivity (Wildman–Crippen MR) is 65.2 cm³/mol. The van der Waals surface area contributed by atoms with E-state index in [0.717, 1.165) is 0 Å². The molecular formula is C11H12N2O7. The van der Waals surface area contributed by atoms with E-state index < -0.39 is 40.4 Å². The SMILES string of the molecule is O=C(c1ccccc1)C(O)(C(CCO)[N+](=O)[O-])[N+](=O)[O-]. The molecule has 0 amide bonds. The van der Waals surface area contributed by atoms with Crippen molar-refractivity contribution >= 4 is 5.78 Å². The van der Waals surface area contributed by atoms with Gasteiger partial charge >= 0.3 is 11.8 Å². The third-order valence-corrected chi connectivity index (χ3v) is 2.77. The highest BCUT2D eigenvalue weighted by Gasteiger charge is 2.63. The van der Waals surface area contributed by atoms with Gasteiger partial charge in [-0.15, -0.1) is 0 Å². The molecule has 0 saturated heterocycles. The fourth-order valence-electron chi connectivity index (χ4n) is 1.73. The second kappa shape index (κ2) is 6.17. The van der Waals surface area contributed by atoms with Crippen LogP contribution in [0.2, 0.25) is 0 Å². The first-order valence-corrected chi connectivity index (χ1v) is 5.56. The maximum Gasteiger partial charge on any atom is 0.453 e. The summed E-state index contributed by atoms with van der Waals surface area (Å²) in [4.78, 5) is 31.4. The summed E-state index contributed by atoms with van der Waals surface area (Å²) in [6, 6.07) is 4.51. The van der Waals surface area contributed by atoms with Crippen molar-refractivity contribution in [1.82, 2.24) is 0 Å². The predicted octanol–water partition coefficient (Wildman–Crippen LogP) is -0.138. The molecule has 1 rings (SSSR count). The Labute approximate surface area is 112 Å². The second-order valence-corrected chi connectivity index (χ2v) is 3.99. The third-order valence-electron chi connectivity index (χ3n) is 2.77. The van der Waals surface area contributed by atoms with Gasteiger partial charge in [-0.05, 0) is 0 Å². The lowest BCUT2D eigenvalue weighted by atomic mass is 9.92. The minimum atomic E-state index is -3.42. The van der Waals surface area contributed by atoms with E-state index in [9.17, 15) is 30.1 Å². The minimum absolute atomic E-state index is 0.225. The number of nitro groups is 2. The van der Waals surface area contributed by atoms with Crippen molar-refractivity contribution in [2.45, 2.75) is 18.2 Å². The molecule has 0 saturated carbocycles. The first-order valence-electron chi connectivity index (χ1n) is 5.56. The average Bonchev–Trinajstić information content (AvgIpc) is 2.43. The molecule has 0 spiro atoms. The van der Waals surface area contributed by atoms with Crippen LogP contribution in [0.5, 0.6) is 0 Å².